The van der Waals surface area contributed by atoms with E-state index < -0.39 is 5.91 Å². The topological polar surface area (TPSA) is 71.6 Å². The standard InChI is InChI=1S/C20H24N4O2/c1-22-12-15(19(21)25)11-18(22)20(26)24-9-4-6-16(24)13-23-10-8-14-5-2-3-7-17(14)23/h2-3,5,7,11-12,16H,4,6,8-10,13H2,1H3,(H2,21,25). The molecular weight excluding hydrogens is 328 g/mol. The van der Waals surface area contributed by atoms with E-state index in [0.29, 0.717) is 11.3 Å². The number of rotatable bonds is 4. The molecule has 1 unspecified atom stereocenters. The summed E-state index contributed by atoms with van der Waals surface area (Å²) in [7, 11) is 1.78. The minimum absolute atomic E-state index is 0.0185. The van der Waals surface area contributed by atoms with Crippen LogP contribution in [-0.2, 0) is 13.5 Å². The molecule has 26 heavy (non-hydrogen) atoms. The van der Waals surface area contributed by atoms with E-state index in [2.05, 4.69) is 29.2 Å². The maximum atomic E-state index is 13.1. The second kappa shape index (κ2) is 6.52. The molecule has 2 amide bonds. The van der Waals surface area contributed by atoms with Gasteiger partial charge in [-0.2, -0.15) is 0 Å². The number of amides is 2. The Hall–Kier alpha value is -2.76. The third-order valence-electron chi connectivity index (χ3n) is 5.56. The number of benzene rings is 1. The molecule has 0 bridgehead atoms. The molecule has 3 heterocycles. The number of anilines is 1. The fourth-order valence-electron chi connectivity index (χ4n) is 4.20. The Balaban J connectivity index is 1.52. The first-order chi connectivity index (χ1) is 12.5. The van der Waals surface area contributed by atoms with Gasteiger partial charge in [0.1, 0.15) is 5.69 Å². The van der Waals surface area contributed by atoms with Gasteiger partial charge in [-0.1, -0.05) is 18.2 Å². The number of carbonyl (C=O) groups is 2. The number of hydrogen-bond acceptors (Lipinski definition) is 3. The molecule has 0 radical (unpaired) electrons. The summed E-state index contributed by atoms with van der Waals surface area (Å²) in [6.07, 6.45) is 4.71. The number of nitrogens with two attached hydrogens (primary N) is 1. The first-order valence-electron chi connectivity index (χ1n) is 9.14. The summed E-state index contributed by atoms with van der Waals surface area (Å²) in [4.78, 5) is 28.8. The van der Waals surface area contributed by atoms with Crippen LogP contribution in [0.5, 0.6) is 0 Å². The number of nitrogens with zero attached hydrogens (tertiary/aromatic N) is 3. The number of aromatic nitrogens is 1. The Morgan fingerprint density at radius 2 is 2.04 bits per heavy atom. The molecule has 4 rings (SSSR count). The average molecular weight is 352 g/mol. The Morgan fingerprint density at radius 1 is 1.23 bits per heavy atom. The Kier molecular flexibility index (Phi) is 4.18. The molecule has 1 saturated heterocycles. The van der Waals surface area contributed by atoms with Crippen LogP contribution in [0.25, 0.3) is 0 Å². The van der Waals surface area contributed by atoms with E-state index in [-0.39, 0.29) is 11.9 Å². The smallest absolute Gasteiger partial charge is 0.270 e. The first-order valence-corrected chi connectivity index (χ1v) is 9.14. The van der Waals surface area contributed by atoms with Crippen LogP contribution in [-0.4, -0.2) is 47.0 Å². The summed E-state index contributed by atoms with van der Waals surface area (Å²) in [5.41, 5.74) is 8.92. The summed E-state index contributed by atoms with van der Waals surface area (Å²) >= 11 is 0. The highest BCUT2D eigenvalue weighted by Crippen LogP contribution is 2.30. The van der Waals surface area contributed by atoms with E-state index in [9.17, 15) is 9.59 Å². The van der Waals surface area contributed by atoms with Gasteiger partial charge >= 0.3 is 0 Å². The van der Waals surface area contributed by atoms with Crippen LogP contribution in [0.1, 0.15) is 39.3 Å². The molecule has 1 atom stereocenters. The number of para-hydroxylation sites is 1. The van der Waals surface area contributed by atoms with Crippen LogP contribution in [0.3, 0.4) is 0 Å². The molecule has 6 heteroatoms. The molecule has 0 saturated carbocycles. The molecule has 136 valence electrons. The predicted molar refractivity (Wildman–Crippen MR) is 100 cm³/mol. The molecule has 0 aliphatic carbocycles. The molecular formula is C20H24N4O2. The second-order valence-corrected chi connectivity index (χ2v) is 7.21. The zero-order chi connectivity index (χ0) is 18.3. The van der Waals surface area contributed by atoms with Crippen molar-refractivity contribution in [2.75, 3.05) is 24.5 Å². The van der Waals surface area contributed by atoms with Crippen molar-refractivity contribution in [3.8, 4) is 0 Å². The predicted octanol–water partition coefficient (Wildman–Crippen LogP) is 1.79. The molecule has 2 aromatic rings. The van der Waals surface area contributed by atoms with E-state index in [0.717, 1.165) is 38.9 Å². The third kappa shape index (κ3) is 2.85. The Morgan fingerprint density at radius 3 is 2.81 bits per heavy atom. The summed E-state index contributed by atoms with van der Waals surface area (Å²) in [6.45, 7) is 2.62. The molecule has 0 spiro atoms. The van der Waals surface area contributed by atoms with Crippen molar-refractivity contribution >= 4 is 17.5 Å². The van der Waals surface area contributed by atoms with Crippen molar-refractivity contribution in [1.82, 2.24) is 9.47 Å². The number of likely N-dealkylation sites (tertiary alicyclic amines) is 1. The summed E-state index contributed by atoms with van der Waals surface area (Å²) in [6, 6.07) is 10.3. The molecule has 2 N–H and O–H groups in total. The highest BCUT2D eigenvalue weighted by atomic mass is 16.2. The van der Waals surface area contributed by atoms with Gasteiger partial charge in [0.25, 0.3) is 5.91 Å². The van der Waals surface area contributed by atoms with Crippen LogP contribution in [0, 0.1) is 0 Å². The van der Waals surface area contributed by atoms with Crippen LogP contribution >= 0.6 is 0 Å². The monoisotopic (exact) mass is 352 g/mol. The van der Waals surface area contributed by atoms with Crippen molar-refractivity contribution in [3.05, 3.63) is 53.3 Å². The first kappa shape index (κ1) is 16.7. The van der Waals surface area contributed by atoms with Gasteiger partial charge in [-0.25, -0.2) is 0 Å². The van der Waals surface area contributed by atoms with Crippen LogP contribution in [0.15, 0.2) is 36.5 Å². The largest absolute Gasteiger partial charge is 0.369 e. The van der Waals surface area contributed by atoms with Crippen molar-refractivity contribution in [3.63, 3.8) is 0 Å². The summed E-state index contributed by atoms with van der Waals surface area (Å²) < 4.78 is 1.70. The zero-order valence-electron chi connectivity index (χ0n) is 15.0. The van der Waals surface area contributed by atoms with E-state index in [1.165, 1.54) is 11.3 Å². The maximum absolute atomic E-state index is 13.1. The average Bonchev–Trinajstić information content (AvgIpc) is 3.34. The summed E-state index contributed by atoms with van der Waals surface area (Å²) in [5, 5.41) is 0. The number of hydrogen-bond donors (Lipinski definition) is 1. The Labute approximate surface area is 153 Å². The van der Waals surface area contributed by atoms with Gasteiger partial charge in [0.05, 0.1) is 5.56 Å². The zero-order valence-corrected chi connectivity index (χ0v) is 15.0. The maximum Gasteiger partial charge on any atom is 0.270 e. The van der Waals surface area contributed by atoms with Gasteiger partial charge in [-0.15, -0.1) is 0 Å². The lowest BCUT2D eigenvalue weighted by molar-refractivity contribution is 0.0730. The van der Waals surface area contributed by atoms with Crippen LogP contribution in [0.4, 0.5) is 5.69 Å². The fourth-order valence-corrected chi connectivity index (χ4v) is 4.20. The van der Waals surface area contributed by atoms with Crippen molar-refractivity contribution in [2.24, 2.45) is 12.8 Å². The third-order valence-corrected chi connectivity index (χ3v) is 5.56. The fraction of sp³-hybridized carbons (Fsp3) is 0.400. The summed E-state index contributed by atoms with van der Waals surface area (Å²) in [5.74, 6) is -0.527. The van der Waals surface area contributed by atoms with E-state index >= 15 is 0 Å². The van der Waals surface area contributed by atoms with Gasteiger partial charge in [0, 0.05) is 44.6 Å². The quantitative estimate of drug-likeness (QED) is 0.912. The number of aryl methyl sites for hydroxylation is 1. The van der Waals surface area contributed by atoms with Gasteiger partial charge in [-0.05, 0) is 37.0 Å². The van der Waals surface area contributed by atoms with Gasteiger partial charge < -0.3 is 20.1 Å². The lowest BCUT2D eigenvalue weighted by atomic mass is 10.1. The van der Waals surface area contributed by atoms with Crippen molar-refractivity contribution in [2.45, 2.75) is 25.3 Å². The lowest BCUT2D eigenvalue weighted by Gasteiger charge is -2.30. The number of primary amides is 1. The molecule has 2 aliphatic heterocycles. The van der Waals surface area contributed by atoms with Gasteiger partial charge in [-0.3, -0.25) is 9.59 Å². The second-order valence-electron chi connectivity index (χ2n) is 7.21. The Bertz CT molecular complexity index is 857. The number of carbonyl (C=O) groups excluding carboxylic acids is 2. The number of fused-ring (bicyclic) bond motifs is 1. The molecule has 6 nitrogen and oxygen atoms in total. The van der Waals surface area contributed by atoms with Crippen LogP contribution in [0.2, 0.25) is 0 Å². The highest BCUT2D eigenvalue weighted by molar-refractivity contribution is 5.99. The van der Waals surface area contributed by atoms with E-state index in [1.54, 1.807) is 23.9 Å². The molecule has 2 aliphatic rings. The minimum atomic E-state index is -0.508. The molecule has 1 aromatic heterocycles. The van der Waals surface area contributed by atoms with Gasteiger partial charge in [0.2, 0.25) is 5.91 Å². The normalized spacial score (nSPS) is 19.0. The molecule has 1 aromatic carbocycles. The van der Waals surface area contributed by atoms with E-state index in [1.807, 2.05) is 4.90 Å². The SMILES string of the molecule is Cn1cc(C(N)=O)cc1C(=O)N1CCCC1CN1CCc2ccccc21. The van der Waals surface area contributed by atoms with Crippen molar-refractivity contribution < 1.29 is 9.59 Å². The molecule has 1 fully saturated rings. The van der Waals surface area contributed by atoms with Crippen LogP contribution < -0.4 is 10.6 Å². The lowest BCUT2D eigenvalue weighted by Crippen LogP contribution is -2.43. The van der Waals surface area contributed by atoms with E-state index in [4.69, 9.17) is 5.73 Å². The van der Waals surface area contributed by atoms with Crippen molar-refractivity contribution in [1.29, 1.82) is 0 Å². The minimum Gasteiger partial charge on any atom is -0.369 e. The van der Waals surface area contributed by atoms with Gasteiger partial charge in [0.15, 0.2) is 0 Å². The highest BCUT2D eigenvalue weighted by Gasteiger charge is 2.33.